The number of aromatic nitrogens is 4. The first-order chi connectivity index (χ1) is 21.1. The molecule has 44 heavy (non-hydrogen) atoms. The molecule has 0 unspecified atom stereocenters. The van der Waals surface area contributed by atoms with E-state index in [4.69, 9.17) is 24.5 Å². The molecule has 0 aliphatic carbocycles. The normalized spacial score (nSPS) is 16.9. The number of rotatable bonds is 5. The van der Waals surface area contributed by atoms with Crippen molar-refractivity contribution in [1.82, 2.24) is 29.5 Å². The third kappa shape index (κ3) is 6.32. The number of carbonyl (C=O) groups excluding carboxylic acids is 1. The molecule has 1 amide bonds. The zero-order chi connectivity index (χ0) is 31.0. The van der Waals surface area contributed by atoms with Gasteiger partial charge in [-0.2, -0.15) is 5.10 Å². The molecule has 2 aliphatic heterocycles. The van der Waals surface area contributed by atoms with E-state index in [9.17, 15) is 4.79 Å². The van der Waals surface area contributed by atoms with Gasteiger partial charge >= 0.3 is 6.09 Å². The maximum Gasteiger partial charge on any atom is 0.410 e. The average Bonchev–Trinajstić information content (AvgIpc) is 3.39. The van der Waals surface area contributed by atoms with E-state index in [1.807, 2.05) is 63.7 Å². The molecule has 0 bridgehead atoms. The Kier molecular flexibility index (Phi) is 8.39. The van der Waals surface area contributed by atoms with Crippen LogP contribution in [0.2, 0.25) is 0 Å². The third-order valence-corrected chi connectivity index (χ3v) is 8.57. The van der Waals surface area contributed by atoms with Crippen LogP contribution >= 0.6 is 0 Å². The molecule has 0 N–H and O–H groups in total. The number of halogens is 1. The maximum absolute atomic E-state index is 15.5. The minimum absolute atomic E-state index is 0.174. The Morgan fingerprint density at radius 2 is 1.80 bits per heavy atom. The lowest BCUT2D eigenvalue weighted by Gasteiger charge is -2.33. The first-order valence-corrected chi connectivity index (χ1v) is 15.4. The predicted molar refractivity (Wildman–Crippen MR) is 168 cm³/mol. The minimum Gasteiger partial charge on any atom is -0.444 e. The minimum atomic E-state index is -0.512. The van der Waals surface area contributed by atoms with Gasteiger partial charge in [-0.1, -0.05) is 18.2 Å². The van der Waals surface area contributed by atoms with Crippen LogP contribution in [-0.2, 0) is 16.0 Å². The number of likely N-dealkylation sites (tertiary alicyclic amines) is 1. The van der Waals surface area contributed by atoms with Gasteiger partial charge in [-0.25, -0.2) is 14.2 Å². The van der Waals surface area contributed by atoms with Crippen LogP contribution in [0, 0.1) is 19.7 Å². The van der Waals surface area contributed by atoms with Crippen molar-refractivity contribution >= 4 is 17.1 Å². The molecule has 2 aliphatic rings. The van der Waals surface area contributed by atoms with Gasteiger partial charge in [0.05, 0.1) is 48.4 Å². The predicted octanol–water partition coefficient (Wildman–Crippen LogP) is 6.32. The molecule has 9 nitrogen and oxygen atoms in total. The Labute approximate surface area is 258 Å². The molecule has 0 saturated carbocycles. The van der Waals surface area contributed by atoms with Crippen LogP contribution in [0.15, 0.2) is 42.7 Å². The Morgan fingerprint density at radius 1 is 1.05 bits per heavy atom. The molecule has 6 rings (SSSR count). The fourth-order valence-corrected chi connectivity index (χ4v) is 6.17. The van der Waals surface area contributed by atoms with Gasteiger partial charge in [0.25, 0.3) is 0 Å². The lowest BCUT2D eigenvalue weighted by Crippen LogP contribution is -2.42. The summed E-state index contributed by atoms with van der Waals surface area (Å²) in [6.07, 6.45) is 4.95. The van der Waals surface area contributed by atoms with E-state index in [0.717, 1.165) is 76.2 Å². The number of morpholine rings is 1. The molecule has 0 atom stereocenters. The number of fused-ring (bicyclic) bond motifs is 1. The van der Waals surface area contributed by atoms with Crippen molar-refractivity contribution in [1.29, 1.82) is 0 Å². The van der Waals surface area contributed by atoms with E-state index >= 15 is 4.39 Å². The van der Waals surface area contributed by atoms with E-state index in [1.165, 1.54) is 0 Å². The second kappa shape index (κ2) is 12.2. The molecular formula is C34H41FN6O3. The van der Waals surface area contributed by atoms with Gasteiger partial charge in [-0.3, -0.25) is 14.6 Å². The Hall–Kier alpha value is -3.89. The van der Waals surface area contributed by atoms with Crippen LogP contribution < -0.4 is 0 Å². The van der Waals surface area contributed by atoms with Crippen molar-refractivity contribution in [2.45, 2.75) is 65.6 Å². The number of ether oxygens (including phenoxy) is 2. The molecular weight excluding hydrogens is 559 g/mol. The van der Waals surface area contributed by atoms with E-state index in [0.29, 0.717) is 32.8 Å². The number of benzene rings is 2. The summed E-state index contributed by atoms with van der Waals surface area (Å²) in [4.78, 5) is 26.3. The number of carbonyl (C=O) groups is 1. The highest BCUT2D eigenvalue weighted by molar-refractivity contribution is 5.92. The second-order valence-electron chi connectivity index (χ2n) is 12.9. The smallest absolute Gasteiger partial charge is 0.410 e. The molecule has 2 saturated heterocycles. The van der Waals surface area contributed by atoms with Gasteiger partial charge in [0.1, 0.15) is 11.4 Å². The van der Waals surface area contributed by atoms with Crippen LogP contribution in [0.4, 0.5) is 9.18 Å². The summed E-state index contributed by atoms with van der Waals surface area (Å²) in [7, 11) is 0. The lowest BCUT2D eigenvalue weighted by atomic mass is 9.97. The van der Waals surface area contributed by atoms with E-state index < -0.39 is 5.60 Å². The number of nitrogens with zero attached hydrogens (tertiary/aromatic N) is 6. The zero-order valence-corrected chi connectivity index (χ0v) is 26.3. The average molecular weight is 601 g/mol. The first kappa shape index (κ1) is 30.1. The van der Waals surface area contributed by atoms with Crippen molar-refractivity contribution in [3.05, 3.63) is 65.4 Å². The summed E-state index contributed by atoms with van der Waals surface area (Å²) < 4.78 is 28.6. The standard InChI is InChI=1S/C34H41FN6O3/c1-22-17-24(18-29(35)28(22)21-39-13-15-43-16-14-39)26-7-6-8-30-32(26)38-31(20-36-30)27-19-37-41(23(27)2)25-9-11-40(12-10-25)33(42)44-34(3,4)5/h6-8,17-20,25H,9-16,21H2,1-5H3. The van der Waals surface area contributed by atoms with Gasteiger partial charge in [0.15, 0.2) is 0 Å². The molecule has 232 valence electrons. The van der Waals surface area contributed by atoms with E-state index in [2.05, 4.69) is 11.0 Å². The van der Waals surface area contributed by atoms with Gasteiger partial charge in [0, 0.05) is 55.1 Å². The molecule has 2 fully saturated rings. The molecule has 4 aromatic rings. The topological polar surface area (TPSA) is 85.6 Å². The van der Waals surface area contributed by atoms with Crippen LogP contribution in [0.25, 0.3) is 33.4 Å². The maximum atomic E-state index is 15.5. The molecule has 0 radical (unpaired) electrons. The highest BCUT2D eigenvalue weighted by atomic mass is 19.1. The van der Waals surface area contributed by atoms with Crippen LogP contribution in [-0.4, -0.2) is 80.6 Å². The van der Waals surface area contributed by atoms with Crippen molar-refractivity contribution in [3.63, 3.8) is 0 Å². The summed E-state index contributed by atoms with van der Waals surface area (Å²) in [5, 5.41) is 4.74. The quantitative estimate of drug-likeness (QED) is 0.265. The van der Waals surface area contributed by atoms with Gasteiger partial charge in [-0.05, 0) is 70.7 Å². The SMILES string of the molecule is Cc1cc(-c2cccc3ncc(-c4cnn(C5CCN(C(=O)OC(C)(C)C)CC5)c4C)nc23)cc(F)c1CN1CCOCC1. The highest BCUT2D eigenvalue weighted by Gasteiger charge is 2.29. The number of hydrogen-bond acceptors (Lipinski definition) is 7. The van der Waals surface area contributed by atoms with E-state index in [1.54, 1.807) is 17.2 Å². The lowest BCUT2D eigenvalue weighted by molar-refractivity contribution is 0.0184. The summed E-state index contributed by atoms with van der Waals surface area (Å²) in [6, 6.07) is 9.70. The summed E-state index contributed by atoms with van der Waals surface area (Å²) in [5.41, 5.74) is 6.87. The number of amides is 1. The van der Waals surface area contributed by atoms with Crippen molar-refractivity contribution < 1.29 is 18.7 Å². The Morgan fingerprint density at radius 3 is 2.50 bits per heavy atom. The van der Waals surface area contributed by atoms with Gasteiger partial charge in [-0.15, -0.1) is 0 Å². The van der Waals surface area contributed by atoms with Crippen LogP contribution in [0.1, 0.15) is 56.5 Å². The first-order valence-electron chi connectivity index (χ1n) is 15.4. The molecule has 10 heteroatoms. The van der Waals surface area contributed by atoms with Crippen LogP contribution in [0.5, 0.6) is 0 Å². The van der Waals surface area contributed by atoms with E-state index in [-0.39, 0.29) is 18.0 Å². The molecule has 4 heterocycles. The molecule has 0 spiro atoms. The summed E-state index contributed by atoms with van der Waals surface area (Å²) >= 11 is 0. The van der Waals surface area contributed by atoms with Gasteiger partial charge < -0.3 is 14.4 Å². The number of para-hydroxylation sites is 1. The number of piperidine rings is 1. The largest absolute Gasteiger partial charge is 0.444 e. The second-order valence-corrected chi connectivity index (χ2v) is 12.9. The zero-order valence-electron chi connectivity index (χ0n) is 26.3. The van der Waals surface area contributed by atoms with Crippen molar-refractivity contribution in [2.24, 2.45) is 0 Å². The fraction of sp³-hybridized carbons (Fsp3) is 0.471. The van der Waals surface area contributed by atoms with Crippen LogP contribution in [0.3, 0.4) is 0 Å². The third-order valence-electron chi connectivity index (χ3n) is 8.57. The summed E-state index contributed by atoms with van der Waals surface area (Å²) in [5.74, 6) is -0.206. The van der Waals surface area contributed by atoms with Crippen molar-refractivity contribution in [2.75, 3.05) is 39.4 Å². The Balaban J connectivity index is 1.24. The summed E-state index contributed by atoms with van der Waals surface area (Å²) in [6.45, 7) is 14.5. The Bertz CT molecular complexity index is 1640. The monoisotopic (exact) mass is 600 g/mol. The molecule has 2 aromatic heterocycles. The number of aryl methyl sites for hydroxylation is 1. The number of hydrogen-bond donors (Lipinski definition) is 0. The fourth-order valence-electron chi connectivity index (χ4n) is 6.17. The highest BCUT2D eigenvalue weighted by Crippen LogP contribution is 2.33. The van der Waals surface area contributed by atoms with Gasteiger partial charge in [0.2, 0.25) is 0 Å². The van der Waals surface area contributed by atoms with Crippen molar-refractivity contribution in [3.8, 4) is 22.4 Å². The molecule has 2 aromatic carbocycles.